The molecule has 0 aliphatic carbocycles. The fraction of sp³-hybridized carbons (Fsp3) is 0. The average molecular weight is 642 g/mol. The number of furan rings is 1. The van der Waals surface area contributed by atoms with E-state index >= 15 is 0 Å². The standard InChI is InChI=1S/C44H27N5O/c1-2-10-30(11-3-1)42-46-43(48-44(47-42)41-40-35-14-6-9-17-38(35)50-39(40)26-27-45-41)31-20-18-28(19-21-31)29-22-24-32(25-23-29)49-36-15-7-4-12-33(36)34-13-5-8-16-37(34)49/h1-27H. The van der Waals surface area contributed by atoms with Crippen LogP contribution in [-0.2, 0) is 0 Å². The normalized spacial score (nSPS) is 11.6. The summed E-state index contributed by atoms with van der Waals surface area (Å²) in [5, 5.41) is 4.37. The molecule has 0 bridgehead atoms. The van der Waals surface area contributed by atoms with Gasteiger partial charge in [-0.05, 0) is 47.5 Å². The maximum atomic E-state index is 6.15. The van der Waals surface area contributed by atoms with Gasteiger partial charge >= 0.3 is 0 Å². The summed E-state index contributed by atoms with van der Waals surface area (Å²) in [7, 11) is 0. The van der Waals surface area contributed by atoms with Crippen LogP contribution >= 0.6 is 0 Å². The van der Waals surface area contributed by atoms with Gasteiger partial charge in [0.25, 0.3) is 0 Å². The summed E-state index contributed by atoms with van der Waals surface area (Å²) in [4.78, 5) is 19.7. The van der Waals surface area contributed by atoms with E-state index in [-0.39, 0.29) is 0 Å². The van der Waals surface area contributed by atoms with E-state index in [1.54, 1.807) is 6.20 Å². The van der Waals surface area contributed by atoms with Crippen molar-refractivity contribution in [2.24, 2.45) is 0 Å². The lowest BCUT2D eigenvalue weighted by Gasteiger charge is -2.10. The van der Waals surface area contributed by atoms with E-state index in [1.807, 2.05) is 60.7 Å². The van der Waals surface area contributed by atoms with Crippen molar-refractivity contribution in [2.75, 3.05) is 0 Å². The molecule has 4 aromatic heterocycles. The number of pyridine rings is 1. The van der Waals surface area contributed by atoms with Crippen molar-refractivity contribution in [3.05, 3.63) is 164 Å². The molecule has 10 aromatic rings. The second-order valence-electron chi connectivity index (χ2n) is 12.3. The predicted octanol–water partition coefficient (Wildman–Crippen LogP) is 10.9. The minimum atomic E-state index is 0.496. The number of fused-ring (bicyclic) bond motifs is 6. The van der Waals surface area contributed by atoms with Crippen LogP contribution < -0.4 is 0 Å². The van der Waals surface area contributed by atoms with Crippen LogP contribution in [0.25, 0.3) is 94.9 Å². The van der Waals surface area contributed by atoms with Gasteiger partial charge in [-0.25, -0.2) is 15.0 Å². The third kappa shape index (κ3) is 4.58. The van der Waals surface area contributed by atoms with E-state index in [2.05, 4.69) is 102 Å². The van der Waals surface area contributed by atoms with Crippen LogP contribution in [0.1, 0.15) is 0 Å². The Bertz CT molecular complexity index is 2800. The molecular formula is C44H27N5O. The van der Waals surface area contributed by atoms with E-state index in [9.17, 15) is 0 Å². The van der Waals surface area contributed by atoms with Gasteiger partial charge in [0.1, 0.15) is 16.9 Å². The maximum absolute atomic E-state index is 6.15. The van der Waals surface area contributed by atoms with Gasteiger partial charge in [-0.15, -0.1) is 0 Å². The SMILES string of the molecule is c1ccc(-c2nc(-c3ccc(-c4ccc(-n5c6ccccc6c6ccccc65)cc4)cc3)nc(-c3nccc4oc5ccccc5c34)n2)cc1. The molecular weight excluding hydrogens is 615 g/mol. The molecule has 0 unspecified atom stereocenters. The molecule has 0 aliphatic rings. The molecule has 50 heavy (non-hydrogen) atoms. The largest absolute Gasteiger partial charge is 0.456 e. The van der Waals surface area contributed by atoms with Crippen LogP contribution in [-0.4, -0.2) is 24.5 Å². The molecule has 6 heteroatoms. The van der Waals surface area contributed by atoms with Crippen molar-refractivity contribution in [1.82, 2.24) is 24.5 Å². The maximum Gasteiger partial charge on any atom is 0.183 e. The highest BCUT2D eigenvalue weighted by molar-refractivity contribution is 6.11. The van der Waals surface area contributed by atoms with Gasteiger partial charge in [0, 0.05) is 39.2 Å². The van der Waals surface area contributed by atoms with Crippen LogP contribution in [0.4, 0.5) is 0 Å². The highest BCUT2D eigenvalue weighted by Crippen LogP contribution is 2.36. The van der Waals surface area contributed by atoms with Gasteiger partial charge in [-0.3, -0.25) is 4.98 Å². The first-order chi connectivity index (χ1) is 24.8. The fourth-order valence-electron chi connectivity index (χ4n) is 6.98. The van der Waals surface area contributed by atoms with E-state index in [4.69, 9.17) is 24.4 Å². The minimum absolute atomic E-state index is 0.496. The van der Waals surface area contributed by atoms with Crippen LogP contribution in [0.15, 0.2) is 168 Å². The van der Waals surface area contributed by atoms with Crippen molar-refractivity contribution in [3.63, 3.8) is 0 Å². The van der Waals surface area contributed by atoms with Crippen LogP contribution in [0.2, 0.25) is 0 Å². The molecule has 0 N–H and O–H groups in total. The first-order valence-corrected chi connectivity index (χ1v) is 16.6. The topological polar surface area (TPSA) is 69.6 Å². The molecule has 10 rings (SSSR count). The summed E-state index contributed by atoms with van der Waals surface area (Å²) in [6.07, 6.45) is 1.74. The van der Waals surface area contributed by atoms with Crippen LogP contribution in [0.3, 0.4) is 0 Å². The zero-order valence-electron chi connectivity index (χ0n) is 26.7. The van der Waals surface area contributed by atoms with E-state index in [0.29, 0.717) is 23.2 Å². The van der Waals surface area contributed by atoms with Crippen molar-refractivity contribution < 1.29 is 4.42 Å². The Morgan fingerprint density at radius 2 is 0.920 bits per heavy atom. The van der Waals surface area contributed by atoms with Gasteiger partial charge in [-0.1, -0.05) is 121 Å². The van der Waals surface area contributed by atoms with E-state index in [0.717, 1.165) is 49.9 Å². The Labute approximate surface area is 287 Å². The summed E-state index contributed by atoms with van der Waals surface area (Å²) in [5.41, 5.74) is 9.76. The third-order valence-corrected chi connectivity index (χ3v) is 9.35. The predicted molar refractivity (Wildman–Crippen MR) is 201 cm³/mol. The van der Waals surface area contributed by atoms with Crippen LogP contribution in [0, 0.1) is 0 Å². The first kappa shape index (κ1) is 28.1. The monoisotopic (exact) mass is 641 g/mol. The number of benzene rings is 6. The Hall–Kier alpha value is -6.92. The van der Waals surface area contributed by atoms with Gasteiger partial charge < -0.3 is 8.98 Å². The number of para-hydroxylation sites is 3. The molecule has 0 aliphatic heterocycles. The summed E-state index contributed by atoms with van der Waals surface area (Å²) < 4.78 is 8.49. The number of aromatic nitrogens is 5. The Morgan fingerprint density at radius 1 is 0.400 bits per heavy atom. The zero-order chi connectivity index (χ0) is 33.0. The van der Waals surface area contributed by atoms with Gasteiger partial charge in [0.15, 0.2) is 17.5 Å². The molecule has 0 spiro atoms. The number of rotatable bonds is 5. The fourth-order valence-corrected chi connectivity index (χ4v) is 6.98. The molecule has 0 saturated carbocycles. The lowest BCUT2D eigenvalue weighted by atomic mass is 10.0. The Kier molecular flexibility index (Phi) is 6.39. The van der Waals surface area contributed by atoms with Crippen LogP contribution in [0.5, 0.6) is 0 Å². The summed E-state index contributed by atoms with van der Waals surface area (Å²) in [6.45, 7) is 0. The second-order valence-corrected chi connectivity index (χ2v) is 12.3. The number of nitrogens with zero attached hydrogens (tertiary/aromatic N) is 5. The third-order valence-electron chi connectivity index (χ3n) is 9.35. The molecule has 0 amide bonds. The van der Waals surface area contributed by atoms with Gasteiger partial charge in [0.05, 0.1) is 16.4 Å². The Morgan fingerprint density at radius 3 is 1.60 bits per heavy atom. The van der Waals surface area contributed by atoms with Gasteiger partial charge in [0.2, 0.25) is 0 Å². The molecule has 0 saturated heterocycles. The summed E-state index contributed by atoms with van der Waals surface area (Å²) >= 11 is 0. The highest BCUT2D eigenvalue weighted by atomic mass is 16.3. The minimum Gasteiger partial charge on any atom is -0.456 e. The average Bonchev–Trinajstić information content (AvgIpc) is 3.74. The molecule has 6 aromatic carbocycles. The lowest BCUT2D eigenvalue weighted by molar-refractivity contribution is 0.668. The summed E-state index contributed by atoms with van der Waals surface area (Å²) in [5.74, 6) is 1.66. The van der Waals surface area contributed by atoms with Gasteiger partial charge in [-0.2, -0.15) is 0 Å². The smallest absolute Gasteiger partial charge is 0.183 e. The molecule has 0 radical (unpaired) electrons. The molecule has 234 valence electrons. The molecule has 6 nitrogen and oxygen atoms in total. The zero-order valence-corrected chi connectivity index (χ0v) is 26.7. The molecule has 4 heterocycles. The van der Waals surface area contributed by atoms with Crippen molar-refractivity contribution in [2.45, 2.75) is 0 Å². The Balaban J connectivity index is 1.04. The number of hydrogen-bond acceptors (Lipinski definition) is 5. The second kappa shape index (κ2) is 11.4. The highest BCUT2D eigenvalue weighted by Gasteiger charge is 2.19. The van der Waals surface area contributed by atoms with Crippen molar-refractivity contribution in [3.8, 4) is 51.1 Å². The quantitative estimate of drug-likeness (QED) is 0.187. The van der Waals surface area contributed by atoms with Crippen molar-refractivity contribution in [1.29, 1.82) is 0 Å². The first-order valence-electron chi connectivity index (χ1n) is 16.6. The molecule has 0 atom stereocenters. The number of hydrogen-bond donors (Lipinski definition) is 0. The molecule has 0 fully saturated rings. The van der Waals surface area contributed by atoms with E-state index < -0.39 is 0 Å². The van der Waals surface area contributed by atoms with E-state index in [1.165, 1.54) is 21.8 Å². The lowest BCUT2D eigenvalue weighted by Crippen LogP contribution is -2.01. The summed E-state index contributed by atoms with van der Waals surface area (Å²) in [6, 6.07) is 54.2. The van der Waals surface area contributed by atoms with Crippen molar-refractivity contribution >= 4 is 43.7 Å².